The summed E-state index contributed by atoms with van der Waals surface area (Å²) in [5, 5.41) is 2.20. The number of nitrogens with one attached hydrogen (secondary N) is 1. The summed E-state index contributed by atoms with van der Waals surface area (Å²) in [7, 11) is 1.34. The van der Waals surface area contributed by atoms with Crippen molar-refractivity contribution in [3.8, 4) is 0 Å². The molecule has 1 rings (SSSR count). The van der Waals surface area contributed by atoms with Crippen LogP contribution < -0.4 is 5.56 Å². The Morgan fingerprint density at radius 1 is 1.59 bits per heavy atom. The number of rotatable bonds is 6. The van der Waals surface area contributed by atoms with Gasteiger partial charge in [-0.25, -0.2) is 0 Å². The van der Waals surface area contributed by atoms with E-state index in [2.05, 4.69) is 12.1 Å². The number of carbonyl (C=O) groups is 1. The molecule has 0 saturated heterocycles. The molecule has 0 amide bonds. The molecule has 17 heavy (non-hydrogen) atoms. The highest BCUT2D eigenvalue weighted by atomic mass is 16.5. The molecule has 0 spiro atoms. The first-order valence-electron chi connectivity index (χ1n) is 5.86. The number of H-pyrrole nitrogens is 1. The lowest BCUT2D eigenvalue weighted by Crippen LogP contribution is -2.21. The molecular weight excluding hydrogens is 222 g/mol. The second kappa shape index (κ2) is 6.27. The van der Waals surface area contributed by atoms with E-state index >= 15 is 0 Å². The number of aromatic nitrogens is 1. The molecule has 5 heteroatoms. The molecule has 5 nitrogen and oxygen atoms in total. The van der Waals surface area contributed by atoms with E-state index in [9.17, 15) is 9.59 Å². The van der Waals surface area contributed by atoms with Crippen molar-refractivity contribution in [2.75, 3.05) is 7.11 Å². The largest absolute Gasteiger partial charge is 0.468 e. The summed E-state index contributed by atoms with van der Waals surface area (Å²) < 4.78 is 9.77. The maximum Gasteiger partial charge on any atom is 0.316 e. The molecule has 1 N–H and O–H groups in total. The molecule has 0 saturated carbocycles. The van der Waals surface area contributed by atoms with E-state index in [4.69, 9.17) is 9.26 Å². The second-order valence-corrected chi connectivity index (χ2v) is 4.24. The molecule has 0 bridgehead atoms. The molecule has 1 aromatic rings. The van der Waals surface area contributed by atoms with Gasteiger partial charge in [-0.3, -0.25) is 9.59 Å². The fraction of sp³-hybridized carbons (Fsp3) is 0.667. The lowest BCUT2D eigenvalue weighted by atomic mass is 9.87. The number of unbranched alkanes of at least 4 members (excludes halogenated alkanes) is 1. The van der Waals surface area contributed by atoms with Crippen molar-refractivity contribution in [1.82, 2.24) is 5.16 Å². The lowest BCUT2D eigenvalue weighted by Gasteiger charge is -2.18. The third-order valence-electron chi connectivity index (χ3n) is 2.89. The summed E-state index contributed by atoms with van der Waals surface area (Å²) in [6, 6.07) is 1.31. The lowest BCUT2D eigenvalue weighted by molar-refractivity contribution is -0.144. The number of aromatic amines is 1. The first kappa shape index (κ1) is 13.5. The second-order valence-electron chi connectivity index (χ2n) is 4.24. The highest BCUT2D eigenvalue weighted by molar-refractivity contribution is 5.77. The standard InChI is InChI=1S/C12H19NO4/c1-4-5-6-8(2)11(12(15)16-3)9-7-10(14)13-17-9/h7-8,11H,4-6H2,1-3H3,(H,13,14). The number of esters is 1. The molecule has 2 unspecified atom stereocenters. The summed E-state index contributed by atoms with van der Waals surface area (Å²) in [6.07, 6.45) is 2.99. The van der Waals surface area contributed by atoms with Gasteiger partial charge in [-0.15, -0.1) is 0 Å². The van der Waals surface area contributed by atoms with E-state index in [0.717, 1.165) is 19.3 Å². The Balaban J connectivity index is 2.87. The van der Waals surface area contributed by atoms with Crippen LogP contribution in [0.3, 0.4) is 0 Å². The van der Waals surface area contributed by atoms with Crippen LogP contribution in [0.15, 0.2) is 15.4 Å². The highest BCUT2D eigenvalue weighted by Crippen LogP contribution is 2.28. The first-order chi connectivity index (χ1) is 8.10. The molecule has 0 aromatic carbocycles. The van der Waals surface area contributed by atoms with Crippen molar-refractivity contribution in [1.29, 1.82) is 0 Å². The van der Waals surface area contributed by atoms with Gasteiger partial charge in [0.15, 0.2) is 5.76 Å². The molecule has 0 aliphatic heterocycles. The smallest absolute Gasteiger partial charge is 0.316 e. The average Bonchev–Trinajstić information content (AvgIpc) is 2.73. The monoisotopic (exact) mass is 241 g/mol. The van der Waals surface area contributed by atoms with Gasteiger partial charge in [-0.05, 0) is 12.3 Å². The summed E-state index contributed by atoms with van der Waals surface area (Å²) in [4.78, 5) is 22.8. The molecule has 0 aliphatic rings. The minimum Gasteiger partial charge on any atom is -0.468 e. The Morgan fingerprint density at radius 3 is 2.76 bits per heavy atom. The van der Waals surface area contributed by atoms with Gasteiger partial charge in [0.1, 0.15) is 5.92 Å². The number of methoxy groups -OCH3 is 1. The van der Waals surface area contributed by atoms with Crippen LogP contribution in [-0.2, 0) is 9.53 Å². The predicted molar refractivity (Wildman–Crippen MR) is 62.8 cm³/mol. The van der Waals surface area contributed by atoms with E-state index < -0.39 is 5.92 Å². The van der Waals surface area contributed by atoms with E-state index in [1.54, 1.807) is 0 Å². The first-order valence-corrected chi connectivity index (χ1v) is 5.86. The zero-order valence-electron chi connectivity index (χ0n) is 10.5. The van der Waals surface area contributed by atoms with Crippen LogP contribution in [0.4, 0.5) is 0 Å². The Kier molecular flexibility index (Phi) is 5.00. The Labute approximate surface area is 100 Å². The van der Waals surface area contributed by atoms with Crippen LogP contribution in [-0.4, -0.2) is 18.2 Å². The molecule has 2 atom stereocenters. The van der Waals surface area contributed by atoms with Crippen LogP contribution in [0.1, 0.15) is 44.8 Å². The number of hydrogen-bond acceptors (Lipinski definition) is 4. The van der Waals surface area contributed by atoms with E-state index in [0.29, 0.717) is 5.76 Å². The fourth-order valence-corrected chi connectivity index (χ4v) is 1.90. The third-order valence-corrected chi connectivity index (χ3v) is 2.89. The van der Waals surface area contributed by atoms with Crippen LogP contribution in [0, 0.1) is 5.92 Å². The molecule has 1 heterocycles. The molecule has 0 aliphatic carbocycles. The summed E-state index contributed by atoms with van der Waals surface area (Å²) in [5.74, 6) is -0.436. The summed E-state index contributed by atoms with van der Waals surface area (Å²) >= 11 is 0. The van der Waals surface area contributed by atoms with Gasteiger partial charge >= 0.3 is 5.97 Å². The van der Waals surface area contributed by atoms with Crippen molar-refractivity contribution in [2.45, 2.75) is 39.0 Å². The third kappa shape index (κ3) is 3.47. The molecule has 0 radical (unpaired) electrons. The van der Waals surface area contributed by atoms with Gasteiger partial charge in [0.25, 0.3) is 5.56 Å². The fourth-order valence-electron chi connectivity index (χ4n) is 1.90. The number of hydrogen-bond donors (Lipinski definition) is 1. The molecular formula is C12H19NO4. The zero-order valence-corrected chi connectivity index (χ0v) is 10.5. The van der Waals surface area contributed by atoms with Crippen molar-refractivity contribution >= 4 is 5.97 Å². The van der Waals surface area contributed by atoms with Crippen LogP contribution >= 0.6 is 0 Å². The Bertz CT molecular complexity index is 407. The predicted octanol–water partition coefficient (Wildman–Crippen LogP) is 2.05. The van der Waals surface area contributed by atoms with Gasteiger partial charge < -0.3 is 9.26 Å². The minimum absolute atomic E-state index is 0.0846. The normalized spacial score (nSPS) is 14.3. The average molecular weight is 241 g/mol. The molecule has 1 aromatic heterocycles. The maximum atomic E-state index is 11.7. The molecule has 96 valence electrons. The highest BCUT2D eigenvalue weighted by Gasteiger charge is 2.30. The Morgan fingerprint density at radius 2 is 2.29 bits per heavy atom. The van der Waals surface area contributed by atoms with Gasteiger partial charge in [0.05, 0.1) is 7.11 Å². The SMILES string of the molecule is CCCCC(C)C(C(=O)OC)c1cc(=O)[nH]o1. The van der Waals surface area contributed by atoms with Gasteiger partial charge in [-0.2, -0.15) is 5.16 Å². The van der Waals surface area contributed by atoms with Crippen LogP contribution in [0.25, 0.3) is 0 Å². The summed E-state index contributed by atoms with van der Waals surface area (Å²) in [6.45, 7) is 4.06. The van der Waals surface area contributed by atoms with Crippen LogP contribution in [0.2, 0.25) is 0 Å². The van der Waals surface area contributed by atoms with Crippen molar-refractivity contribution < 1.29 is 14.1 Å². The Hall–Kier alpha value is -1.52. The van der Waals surface area contributed by atoms with Crippen molar-refractivity contribution in [3.05, 3.63) is 22.2 Å². The number of ether oxygens (including phenoxy) is 1. The zero-order chi connectivity index (χ0) is 12.8. The van der Waals surface area contributed by atoms with Crippen LogP contribution in [0.5, 0.6) is 0 Å². The van der Waals surface area contributed by atoms with Crippen molar-refractivity contribution in [3.63, 3.8) is 0 Å². The maximum absolute atomic E-state index is 11.7. The summed E-state index contributed by atoms with van der Waals surface area (Å²) in [5.41, 5.74) is -0.336. The molecule has 0 fully saturated rings. The van der Waals surface area contributed by atoms with E-state index in [-0.39, 0.29) is 17.4 Å². The minimum atomic E-state index is -0.509. The van der Waals surface area contributed by atoms with Gasteiger partial charge in [-0.1, -0.05) is 26.7 Å². The quantitative estimate of drug-likeness (QED) is 0.774. The van der Waals surface area contributed by atoms with Gasteiger partial charge in [0.2, 0.25) is 0 Å². The van der Waals surface area contributed by atoms with E-state index in [1.165, 1.54) is 13.2 Å². The van der Waals surface area contributed by atoms with Gasteiger partial charge in [0, 0.05) is 6.07 Å². The van der Waals surface area contributed by atoms with Crippen molar-refractivity contribution in [2.24, 2.45) is 5.92 Å². The topological polar surface area (TPSA) is 72.3 Å². The van der Waals surface area contributed by atoms with E-state index in [1.807, 2.05) is 6.92 Å². The number of carbonyl (C=O) groups excluding carboxylic acids is 1.